The fraction of sp³-hybridized carbons (Fsp3) is 0.182. The van der Waals surface area contributed by atoms with Crippen LogP contribution in [0.15, 0.2) is 27.7 Å². The number of nitrogen functional groups attached to an aromatic ring is 1. The summed E-state index contributed by atoms with van der Waals surface area (Å²) in [5, 5.41) is 0. The maximum atomic E-state index is 13.8. The van der Waals surface area contributed by atoms with Crippen LogP contribution >= 0.6 is 23.3 Å². The molecular weight excluding hydrogens is 289 g/mol. The van der Waals surface area contributed by atoms with Crippen molar-refractivity contribution in [2.75, 3.05) is 12.3 Å². The first-order valence-electron chi connectivity index (χ1n) is 5.32. The quantitative estimate of drug-likeness (QED) is 0.690. The molecule has 0 aliphatic rings. The van der Waals surface area contributed by atoms with Crippen LogP contribution in [-0.2, 0) is 4.74 Å². The summed E-state index contributed by atoms with van der Waals surface area (Å²) in [4.78, 5) is 15.9. The number of rotatable bonds is 4. The van der Waals surface area contributed by atoms with E-state index in [0.717, 1.165) is 29.4 Å². The molecule has 0 fully saturated rings. The largest absolute Gasteiger partial charge is 0.462 e. The number of nitrogens with zero attached hydrogens (tertiary/aromatic N) is 2. The molecule has 0 saturated heterocycles. The lowest BCUT2D eigenvalue weighted by Crippen LogP contribution is -2.08. The average molecular weight is 299 g/mol. The highest BCUT2D eigenvalue weighted by Gasteiger charge is 2.16. The van der Waals surface area contributed by atoms with E-state index in [4.69, 9.17) is 10.5 Å². The molecule has 0 aliphatic carbocycles. The zero-order valence-electron chi connectivity index (χ0n) is 9.92. The van der Waals surface area contributed by atoms with Crippen molar-refractivity contribution in [3.63, 3.8) is 0 Å². The molecule has 8 heteroatoms. The Labute approximate surface area is 117 Å². The summed E-state index contributed by atoms with van der Waals surface area (Å²) in [7, 11) is 0. The first kappa shape index (κ1) is 13.8. The van der Waals surface area contributed by atoms with E-state index >= 15 is 0 Å². The number of nitrogens with two attached hydrogens (primary N) is 1. The maximum Gasteiger partial charge on any atom is 0.340 e. The van der Waals surface area contributed by atoms with Crippen molar-refractivity contribution >= 4 is 35.0 Å². The average Bonchev–Trinajstić information content (AvgIpc) is 2.85. The van der Waals surface area contributed by atoms with Gasteiger partial charge in [-0.15, -0.1) is 0 Å². The third-order valence-corrected chi connectivity index (χ3v) is 3.89. The number of aromatic nitrogens is 2. The molecule has 0 spiro atoms. The first-order valence-corrected chi connectivity index (χ1v) is 6.91. The zero-order valence-corrected chi connectivity index (χ0v) is 11.6. The van der Waals surface area contributed by atoms with Gasteiger partial charge in [-0.2, -0.15) is 4.37 Å². The summed E-state index contributed by atoms with van der Waals surface area (Å²) in [6.45, 7) is 1.92. The predicted octanol–water partition coefficient (Wildman–Crippen LogP) is 2.59. The fourth-order valence-corrected chi connectivity index (χ4v) is 2.78. The Morgan fingerprint density at radius 3 is 3.00 bits per heavy atom. The number of hydrogen-bond acceptors (Lipinski definition) is 7. The van der Waals surface area contributed by atoms with Gasteiger partial charge in [-0.05, 0) is 30.6 Å². The van der Waals surface area contributed by atoms with Crippen molar-refractivity contribution in [2.45, 2.75) is 16.2 Å². The van der Waals surface area contributed by atoms with E-state index in [1.54, 1.807) is 6.92 Å². The summed E-state index contributed by atoms with van der Waals surface area (Å²) in [6, 6.07) is 2.48. The van der Waals surface area contributed by atoms with Crippen molar-refractivity contribution in [1.82, 2.24) is 9.36 Å². The molecule has 2 rings (SSSR count). The second-order valence-electron chi connectivity index (χ2n) is 3.40. The van der Waals surface area contributed by atoms with Gasteiger partial charge >= 0.3 is 5.97 Å². The third kappa shape index (κ3) is 3.21. The number of ether oxygens (including phenoxy) is 1. The van der Waals surface area contributed by atoms with E-state index in [-0.39, 0.29) is 22.8 Å². The predicted molar refractivity (Wildman–Crippen MR) is 70.8 cm³/mol. The number of halogens is 1. The first-order chi connectivity index (χ1) is 9.11. The summed E-state index contributed by atoms with van der Waals surface area (Å²) in [5.74, 6) is -1.08. The van der Waals surface area contributed by atoms with Crippen LogP contribution < -0.4 is 5.73 Å². The van der Waals surface area contributed by atoms with Crippen LogP contribution in [0.3, 0.4) is 0 Å². The Morgan fingerprint density at radius 2 is 2.37 bits per heavy atom. The molecule has 100 valence electrons. The van der Waals surface area contributed by atoms with E-state index in [1.807, 2.05) is 0 Å². The van der Waals surface area contributed by atoms with E-state index in [9.17, 15) is 9.18 Å². The monoisotopic (exact) mass is 299 g/mol. The highest BCUT2D eigenvalue weighted by atomic mass is 32.2. The van der Waals surface area contributed by atoms with E-state index in [1.165, 1.54) is 12.4 Å². The topological polar surface area (TPSA) is 78.1 Å². The lowest BCUT2D eigenvalue weighted by atomic mass is 10.2. The Bertz CT molecular complexity index is 590. The molecule has 2 aromatic rings. The molecular formula is C11H10FN3O2S2. The van der Waals surface area contributed by atoms with Crippen LogP contribution in [0.4, 0.5) is 10.1 Å². The molecule has 0 saturated carbocycles. The molecule has 0 atom stereocenters. The van der Waals surface area contributed by atoms with Gasteiger partial charge in [0.05, 0.1) is 17.1 Å². The fourth-order valence-electron chi connectivity index (χ4n) is 1.33. The van der Waals surface area contributed by atoms with Gasteiger partial charge < -0.3 is 10.5 Å². The van der Waals surface area contributed by atoms with Crippen LogP contribution in [0.5, 0.6) is 0 Å². The molecule has 0 amide bonds. The molecule has 1 aromatic heterocycles. The summed E-state index contributed by atoms with van der Waals surface area (Å²) in [6.07, 6.45) is 1.38. The van der Waals surface area contributed by atoms with Gasteiger partial charge in [-0.25, -0.2) is 14.2 Å². The van der Waals surface area contributed by atoms with E-state index in [2.05, 4.69) is 9.36 Å². The molecule has 2 N–H and O–H groups in total. The lowest BCUT2D eigenvalue weighted by molar-refractivity contribution is 0.0527. The second kappa shape index (κ2) is 5.98. The minimum atomic E-state index is -0.570. The van der Waals surface area contributed by atoms with E-state index < -0.39 is 11.8 Å². The highest BCUT2D eigenvalue weighted by molar-refractivity contribution is 8.01. The van der Waals surface area contributed by atoms with Gasteiger partial charge in [0.1, 0.15) is 12.1 Å². The number of hydrogen-bond donors (Lipinski definition) is 1. The number of benzene rings is 1. The standard InChI is InChI=1S/C11H10FN3O2S2/c1-2-17-10(16)6-3-9(7(12)4-8(6)13)18-11-14-5-15-19-11/h3-5H,2,13H2,1H3. The molecule has 1 aromatic carbocycles. The van der Waals surface area contributed by atoms with Gasteiger partial charge in [0.2, 0.25) is 0 Å². The van der Waals surface area contributed by atoms with Gasteiger partial charge in [-0.3, -0.25) is 0 Å². The van der Waals surface area contributed by atoms with Gasteiger partial charge in [0.15, 0.2) is 4.34 Å². The Balaban J connectivity index is 2.33. The van der Waals surface area contributed by atoms with Crippen LogP contribution in [-0.4, -0.2) is 21.9 Å². The summed E-state index contributed by atoms with van der Waals surface area (Å²) in [5.41, 5.74) is 5.82. The molecule has 0 unspecified atom stereocenters. The smallest absolute Gasteiger partial charge is 0.340 e. The molecule has 19 heavy (non-hydrogen) atoms. The molecule has 0 bridgehead atoms. The van der Waals surface area contributed by atoms with Gasteiger partial charge in [-0.1, -0.05) is 11.8 Å². The summed E-state index contributed by atoms with van der Waals surface area (Å²) >= 11 is 2.23. The molecule has 0 radical (unpaired) electrons. The number of esters is 1. The minimum absolute atomic E-state index is 0.0533. The Morgan fingerprint density at radius 1 is 1.58 bits per heavy atom. The van der Waals surface area contributed by atoms with Crippen molar-refractivity contribution in [3.8, 4) is 0 Å². The van der Waals surface area contributed by atoms with Gasteiger partial charge in [0, 0.05) is 5.69 Å². The maximum absolute atomic E-state index is 13.8. The van der Waals surface area contributed by atoms with Crippen LogP contribution in [0.2, 0.25) is 0 Å². The summed E-state index contributed by atoms with van der Waals surface area (Å²) < 4.78 is 23.0. The third-order valence-electron chi connectivity index (χ3n) is 2.14. The Hall–Kier alpha value is -1.67. The van der Waals surface area contributed by atoms with Crippen LogP contribution in [0.1, 0.15) is 17.3 Å². The highest BCUT2D eigenvalue weighted by Crippen LogP contribution is 2.33. The molecule has 5 nitrogen and oxygen atoms in total. The minimum Gasteiger partial charge on any atom is -0.462 e. The van der Waals surface area contributed by atoms with E-state index in [0.29, 0.717) is 4.34 Å². The number of anilines is 1. The molecule has 0 aliphatic heterocycles. The Kier molecular flexibility index (Phi) is 4.33. The lowest BCUT2D eigenvalue weighted by Gasteiger charge is -2.08. The van der Waals surface area contributed by atoms with Crippen molar-refractivity contribution in [3.05, 3.63) is 29.8 Å². The molecule has 1 heterocycles. The van der Waals surface area contributed by atoms with Gasteiger partial charge in [0.25, 0.3) is 0 Å². The SMILES string of the molecule is CCOC(=O)c1cc(Sc2ncns2)c(F)cc1N. The zero-order chi connectivity index (χ0) is 13.8. The van der Waals surface area contributed by atoms with Crippen molar-refractivity contribution in [2.24, 2.45) is 0 Å². The van der Waals surface area contributed by atoms with Crippen LogP contribution in [0.25, 0.3) is 0 Å². The normalized spacial score (nSPS) is 10.4. The van der Waals surface area contributed by atoms with Crippen molar-refractivity contribution < 1.29 is 13.9 Å². The number of carbonyl (C=O) groups is 1. The number of carbonyl (C=O) groups excluding carboxylic acids is 1. The van der Waals surface area contributed by atoms with Crippen molar-refractivity contribution in [1.29, 1.82) is 0 Å². The van der Waals surface area contributed by atoms with Crippen LogP contribution in [0, 0.1) is 5.82 Å². The second-order valence-corrected chi connectivity index (χ2v) is 5.47.